The molecule has 0 aliphatic rings. The van der Waals surface area contributed by atoms with E-state index in [1.807, 2.05) is 11.8 Å². The first-order valence-corrected chi connectivity index (χ1v) is 9.23. The average molecular weight is 308 g/mol. The van der Waals surface area contributed by atoms with Crippen molar-refractivity contribution in [2.24, 2.45) is 4.99 Å². The summed E-state index contributed by atoms with van der Waals surface area (Å²) in [5, 5.41) is 6.82. The van der Waals surface area contributed by atoms with Crippen LogP contribution in [0.1, 0.15) is 32.3 Å². The smallest absolute Gasteiger partial charge is 0.191 e. The van der Waals surface area contributed by atoms with Crippen molar-refractivity contribution in [3.63, 3.8) is 0 Å². The predicted octanol–water partition coefficient (Wildman–Crippen LogP) is 3.32. The van der Waals surface area contributed by atoms with Crippen molar-refractivity contribution in [1.29, 1.82) is 0 Å². The summed E-state index contributed by atoms with van der Waals surface area (Å²) < 4.78 is 0. The number of benzene rings is 1. The zero-order chi connectivity index (χ0) is 15.3. The molecule has 0 bridgehead atoms. The highest BCUT2D eigenvalue weighted by atomic mass is 32.2. The number of hydrogen-bond acceptors (Lipinski definition) is 2. The van der Waals surface area contributed by atoms with Crippen molar-refractivity contribution in [2.75, 3.05) is 25.1 Å². The third-order valence-corrected chi connectivity index (χ3v) is 3.91. The molecule has 1 unspecified atom stereocenters. The summed E-state index contributed by atoms with van der Waals surface area (Å²) >= 11 is 1.88. The van der Waals surface area contributed by atoms with Crippen LogP contribution in [0.3, 0.4) is 0 Å². The molecule has 0 radical (unpaired) electrons. The molecule has 0 saturated heterocycles. The Kier molecular flexibility index (Phi) is 9.79. The lowest BCUT2D eigenvalue weighted by atomic mass is 10.1. The molecule has 0 saturated carbocycles. The molecule has 0 aromatic heterocycles. The Bertz CT molecular complexity index is 392. The van der Waals surface area contributed by atoms with Gasteiger partial charge < -0.3 is 10.6 Å². The van der Waals surface area contributed by atoms with Gasteiger partial charge in [0.15, 0.2) is 5.96 Å². The second kappa shape index (κ2) is 11.5. The normalized spacial score (nSPS) is 13.0. The Labute approximate surface area is 134 Å². The van der Waals surface area contributed by atoms with E-state index >= 15 is 0 Å². The quantitative estimate of drug-likeness (QED) is 0.417. The van der Waals surface area contributed by atoms with Crippen LogP contribution in [0.2, 0.25) is 0 Å². The van der Waals surface area contributed by atoms with Gasteiger partial charge in [-0.05, 0) is 50.7 Å². The van der Waals surface area contributed by atoms with E-state index < -0.39 is 0 Å². The van der Waals surface area contributed by atoms with Crippen LogP contribution in [-0.4, -0.2) is 37.1 Å². The van der Waals surface area contributed by atoms with Gasteiger partial charge >= 0.3 is 0 Å². The fraction of sp³-hybridized carbons (Fsp3) is 0.588. The molecule has 1 rings (SSSR count). The number of guanidine groups is 1. The van der Waals surface area contributed by atoms with Gasteiger partial charge in [0.2, 0.25) is 0 Å². The molecule has 0 aliphatic heterocycles. The van der Waals surface area contributed by atoms with E-state index in [0.717, 1.165) is 38.3 Å². The number of nitrogens with zero attached hydrogens (tertiary/aromatic N) is 1. The number of aryl methyl sites for hydroxylation is 1. The number of hydrogen-bond donors (Lipinski definition) is 2. The molecule has 2 N–H and O–H groups in total. The van der Waals surface area contributed by atoms with E-state index in [1.165, 1.54) is 11.3 Å². The van der Waals surface area contributed by atoms with Gasteiger partial charge in [-0.1, -0.05) is 30.3 Å². The maximum absolute atomic E-state index is 4.63. The van der Waals surface area contributed by atoms with Crippen LogP contribution in [0.4, 0.5) is 0 Å². The number of aliphatic imine (C=N–C) groups is 1. The monoisotopic (exact) mass is 307 g/mol. The molecule has 0 spiro atoms. The zero-order valence-electron chi connectivity index (χ0n) is 13.6. The van der Waals surface area contributed by atoms with E-state index in [0.29, 0.717) is 6.04 Å². The highest BCUT2D eigenvalue weighted by molar-refractivity contribution is 7.98. The highest BCUT2D eigenvalue weighted by Gasteiger charge is 2.05. The fourth-order valence-corrected chi connectivity index (χ4v) is 2.47. The minimum Gasteiger partial charge on any atom is -0.357 e. The largest absolute Gasteiger partial charge is 0.357 e. The van der Waals surface area contributed by atoms with E-state index in [1.54, 1.807) is 0 Å². The Morgan fingerprint density at radius 2 is 2.05 bits per heavy atom. The minimum absolute atomic E-state index is 0.420. The van der Waals surface area contributed by atoms with E-state index in [-0.39, 0.29) is 0 Å². The van der Waals surface area contributed by atoms with Gasteiger partial charge in [0.1, 0.15) is 0 Å². The van der Waals surface area contributed by atoms with Crippen molar-refractivity contribution in [3.05, 3.63) is 35.9 Å². The number of thioether (sulfide) groups is 1. The van der Waals surface area contributed by atoms with Gasteiger partial charge in [-0.25, -0.2) is 0 Å². The van der Waals surface area contributed by atoms with Gasteiger partial charge in [-0.2, -0.15) is 11.8 Å². The second-order valence-electron chi connectivity index (χ2n) is 5.18. The Hall–Kier alpha value is -1.16. The second-order valence-corrected chi connectivity index (χ2v) is 6.16. The van der Waals surface area contributed by atoms with Crippen molar-refractivity contribution in [3.8, 4) is 0 Å². The average Bonchev–Trinajstić information content (AvgIpc) is 2.51. The minimum atomic E-state index is 0.420. The summed E-state index contributed by atoms with van der Waals surface area (Å²) in [5.74, 6) is 2.12. The first-order chi connectivity index (χ1) is 10.3. The summed E-state index contributed by atoms with van der Waals surface area (Å²) in [5.41, 5.74) is 1.40. The molecule has 4 heteroatoms. The maximum atomic E-state index is 4.63. The first-order valence-electron chi connectivity index (χ1n) is 7.84. The predicted molar refractivity (Wildman–Crippen MR) is 96.3 cm³/mol. The van der Waals surface area contributed by atoms with Gasteiger partial charge in [-0.3, -0.25) is 4.99 Å². The van der Waals surface area contributed by atoms with Crippen LogP contribution in [-0.2, 0) is 6.42 Å². The third-order valence-electron chi connectivity index (χ3n) is 3.21. The number of nitrogens with one attached hydrogen (secondary N) is 2. The van der Waals surface area contributed by atoms with Crippen LogP contribution in [0.15, 0.2) is 35.3 Å². The van der Waals surface area contributed by atoms with E-state index in [9.17, 15) is 0 Å². The van der Waals surface area contributed by atoms with Gasteiger partial charge in [0.05, 0.1) is 0 Å². The van der Waals surface area contributed by atoms with Crippen LogP contribution < -0.4 is 10.6 Å². The summed E-state index contributed by atoms with van der Waals surface area (Å²) in [6, 6.07) is 11.1. The summed E-state index contributed by atoms with van der Waals surface area (Å²) in [6.07, 6.45) is 5.48. The molecule has 1 aromatic rings. The fourth-order valence-electron chi connectivity index (χ4n) is 2.05. The molecule has 21 heavy (non-hydrogen) atoms. The van der Waals surface area contributed by atoms with Crippen LogP contribution in [0, 0.1) is 0 Å². The van der Waals surface area contributed by atoms with Crippen molar-refractivity contribution in [1.82, 2.24) is 10.6 Å². The molecule has 0 amide bonds. The first kappa shape index (κ1) is 17.9. The van der Waals surface area contributed by atoms with E-state index in [2.05, 4.69) is 66.1 Å². The van der Waals surface area contributed by atoms with Crippen molar-refractivity contribution >= 4 is 17.7 Å². The maximum Gasteiger partial charge on any atom is 0.191 e. The lowest BCUT2D eigenvalue weighted by molar-refractivity contribution is 0.593. The molecule has 0 heterocycles. The lowest BCUT2D eigenvalue weighted by Crippen LogP contribution is -2.42. The van der Waals surface area contributed by atoms with Gasteiger partial charge in [0, 0.05) is 19.1 Å². The van der Waals surface area contributed by atoms with Crippen LogP contribution >= 0.6 is 11.8 Å². The van der Waals surface area contributed by atoms with Crippen molar-refractivity contribution in [2.45, 2.75) is 39.2 Å². The summed E-state index contributed by atoms with van der Waals surface area (Å²) in [6.45, 7) is 6.12. The van der Waals surface area contributed by atoms with Gasteiger partial charge in [-0.15, -0.1) is 0 Å². The van der Waals surface area contributed by atoms with E-state index in [4.69, 9.17) is 0 Å². The highest BCUT2D eigenvalue weighted by Crippen LogP contribution is 2.04. The topological polar surface area (TPSA) is 36.4 Å². The third kappa shape index (κ3) is 8.66. The molecular weight excluding hydrogens is 278 g/mol. The number of rotatable bonds is 9. The Morgan fingerprint density at radius 1 is 1.29 bits per heavy atom. The van der Waals surface area contributed by atoms with Crippen LogP contribution in [0.5, 0.6) is 0 Å². The molecule has 1 atom stereocenters. The Balaban J connectivity index is 2.35. The van der Waals surface area contributed by atoms with Crippen LogP contribution in [0.25, 0.3) is 0 Å². The molecule has 1 aromatic carbocycles. The summed E-state index contributed by atoms with van der Waals surface area (Å²) in [7, 11) is 0. The summed E-state index contributed by atoms with van der Waals surface area (Å²) in [4.78, 5) is 4.63. The Morgan fingerprint density at radius 3 is 2.71 bits per heavy atom. The lowest BCUT2D eigenvalue weighted by Gasteiger charge is -2.17. The van der Waals surface area contributed by atoms with Gasteiger partial charge in [0.25, 0.3) is 0 Å². The molecule has 0 aliphatic carbocycles. The molecule has 0 fully saturated rings. The molecule has 3 nitrogen and oxygen atoms in total. The molecular formula is C17H29N3S. The zero-order valence-corrected chi connectivity index (χ0v) is 14.4. The standard InChI is InChI=1S/C17H29N3S/c1-4-18-17(19-13-8-14-21-3)20-15(2)11-12-16-9-6-5-7-10-16/h5-7,9-10,15H,4,8,11-14H2,1-3H3,(H2,18,19,20). The molecule has 118 valence electrons. The SMILES string of the molecule is CCNC(=NCCCSC)NC(C)CCc1ccccc1. The van der Waals surface area contributed by atoms with Crippen molar-refractivity contribution < 1.29 is 0 Å².